The van der Waals surface area contributed by atoms with Gasteiger partial charge >= 0.3 is 0 Å². The summed E-state index contributed by atoms with van der Waals surface area (Å²) in [5, 5.41) is 0. The molecule has 6 aliphatic rings. The highest BCUT2D eigenvalue weighted by molar-refractivity contribution is 7.02. The van der Waals surface area contributed by atoms with Crippen molar-refractivity contribution in [2.24, 2.45) is 0 Å². The van der Waals surface area contributed by atoms with Gasteiger partial charge in [0.05, 0.1) is 34.1 Å². The topological polar surface area (TPSA) is 49.9 Å². The summed E-state index contributed by atoms with van der Waals surface area (Å²) in [7, 11) is 0. The highest BCUT2D eigenvalue weighted by atomic mass is 16.5. The first-order chi connectivity index (χ1) is 37.7. The standard InChI is InChI=1S/C66H40B2N4O4/c1-3-19-41(20-4-1)69-53-40-54-48(39-47(53)67-45-23-7-13-29-57(45)73-63-37-43(35-55(69)65(63)67)71-49-25-9-15-31-59(49)75-60-32-16-10-26-50(60)71)68-46-24-8-14-30-58(46)74-64-38-44(36-56(66(64)68)70(54)42-21-5-2-6-22-42)72-51-27-11-17-33-61(51)76-62-34-18-12-28-52(62)72/h1-40H. The van der Waals surface area contributed by atoms with Gasteiger partial charge in [-0.05, 0) is 136 Å². The Kier molecular flexibility index (Phi) is 8.57. The van der Waals surface area contributed by atoms with Crippen molar-refractivity contribution in [2.45, 2.75) is 0 Å². The summed E-state index contributed by atoms with van der Waals surface area (Å²) >= 11 is 0. The van der Waals surface area contributed by atoms with E-state index in [0.717, 1.165) is 136 Å². The van der Waals surface area contributed by atoms with Gasteiger partial charge in [-0.3, -0.25) is 0 Å². The maximum absolute atomic E-state index is 7.16. The Hall–Kier alpha value is -10.1. The van der Waals surface area contributed by atoms with Crippen LogP contribution in [0.15, 0.2) is 243 Å². The van der Waals surface area contributed by atoms with Gasteiger partial charge in [0, 0.05) is 46.3 Å². The molecule has 0 radical (unpaired) electrons. The minimum absolute atomic E-state index is 0.168. The smallest absolute Gasteiger partial charge is 0.256 e. The van der Waals surface area contributed by atoms with E-state index in [2.05, 4.69) is 214 Å². The second-order valence-corrected chi connectivity index (χ2v) is 20.0. The van der Waals surface area contributed by atoms with Gasteiger partial charge in [0.15, 0.2) is 23.0 Å². The van der Waals surface area contributed by atoms with Gasteiger partial charge in [-0.1, -0.05) is 127 Å². The molecule has 0 bridgehead atoms. The van der Waals surface area contributed by atoms with Crippen LogP contribution in [0, 0.1) is 0 Å². The molecule has 0 atom stereocenters. The van der Waals surface area contributed by atoms with Crippen molar-refractivity contribution in [2.75, 3.05) is 19.6 Å². The summed E-state index contributed by atoms with van der Waals surface area (Å²) in [5.41, 5.74) is 18.9. The van der Waals surface area contributed by atoms with Crippen molar-refractivity contribution < 1.29 is 18.9 Å². The molecule has 0 unspecified atom stereocenters. The van der Waals surface area contributed by atoms with Gasteiger partial charge in [0.25, 0.3) is 13.4 Å². The Morgan fingerprint density at radius 1 is 0.211 bits per heavy atom. The number of ether oxygens (including phenoxy) is 4. The molecule has 6 aliphatic heterocycles. The maximum atomic E-state index is 7.16. The number of fused-ring (bicyclic) bond motifs is 12. The molecule has 0 fully saturated rings. The third-order valence-corrected chi connectivity index (χ3v) is 15.9. The predicted octanol–water partition coefficient (Wildman–Crippen LogP) is 13.6. The van der Waals surface area contributed by atoms with Crippen molar-refractivity contribution in [3.63, 3.8) is 0 Å². The maximum Gasteiger partial charge on any atom is 0.256 e. The first-order valence-electron chi connectivity index (χ1n) is 25.8. The van der Waals surface area contributed by atoms with E-state index in [1.54, 1.807) is 0 Å². The summed E-state index contributed by atoms with van der Waals surface area (Å²) in [6.07, 6.45) is 0. The number of nitrogens with zero attached hydrogens (tertiary/aromatic N) is 4. The average Bonchev–Trinajstić information content (AvgIpc) is 3.51. The van der Waals surface area contributed by atoms with E-state index in [0.29, 0.717) is 0 Å². The molecule has 10 heteroatoms. The van der Waals surface area contributed by atoms with E-state index in [-0.39, 0.29) is 13.4 Å². The average molecular weight is 975 g/mol. The third kappa shape index (κ3) is 5.86. The van der Waals surface area contributed by atoms with Crippen LogP contribution in [0.5, 0.6) is 46.0 Å². The van der Waals surface area contributed by atoms with E-state index in [1.807, 2.05) is 48.5 Å². The lowest BCUT2D eigenvalue weighted by Gasteiger charge is -2.45. The molecular weight excluding hydrogens is 934 g/mol. The fourth-order valence-corrected chi connectivity index (χ4v) is 12.8. The molecular formula is C66H40B2N4O4. The number of hydrogen-bond donors (Lipinski definition) is 0. The molecule has 0 aliphatic carbocycles. The van der Waals surface area contributed by atoms with Gasteiger partial charge in [-0.15, -0.1) is 0 Å². The van der Waals surface area contributed by atoms with E-state index >= 15 is 0 Å². The lowest BCUT2D eigenvalue weighted by atomic mass is 9.31. The number of rotatable bonds is 4. The Bertz CT molecular complexity index is 3910. The van der Waals surface area contributed by atoms with E-state index in [9.17, 15) is 0 Å². The molecule has 0 amide bonds. The highest BCUT2D eigenvalue weighted by Gasteiger charge is 2.48. The number of benzene rings is 11. The first-order valence-corrected chi connectivity index (χ1v) is 25.8. The summed E-state index contributed by atoms with van der Waals surface area (Å²) < 4.78 is 27.4. The van der Waals surface area contributed by atoms with Crippen LogP contribution in [0.1, 0.15) is 0 Å². The second kappa shape index (κ2) is 15.7. The summed E-state index contributed by atoms with van der Waals surface area (Å²) in [6, 6.07) is 85.9. The normalized spacial score (nSPS) is 14.1. The summed E-state index contributed by atoms with van der Waals surface area (Å²) in [5.74, 6) is 6.48. The lowest BCUT2D eigenvalue weighted by Crippen LogP contribution is -2.63. The zero-order valence-corrected chi connectivity index (χ0v) is 40.7. The lowest BCUT2D eigenvalue weighted by molar-refractivity contribution is 0.476. The molecule has 17 rings (SSSR count). The molecule has 354 valence electrons. The minimum Gasteiger partial charge on any atom is -0.458 e. The molecule has 0 N–H and O–H groups in total. The third-order valence-electron chi connectivity index (χ3n) is 15.9. The molecule has 11 aromatic carbocycles. The van der Waals surface area contributed by atoms with E-state index in [4.69, 9.17) is 18.9 Å². The fraction of sp³-hybridized carbons (Fsp3) is 0. The molecule has 0 spiro atoms. The molecule has 76 heavy (non-hydrogen) atoms. The van der Waals surface area contributed by atoms with Crippen molar-refractivity contribution in [1.82, 2.24) is 0 Å². The zero-order chi connectivity index (χ0) is 49.6. The molecule has 0 saturated heterocycles. The van der Waals surface area contributed by atoms with Crippen LogP contribution in [-0.2, 0) is 0 Å². The molecule has 6 heterocycles. The number of anilines is 12. The van der Waals surface area contributed by atoms with Crippen molar-refractivity contribution in [1.29, 1.82) is 0 Å². The first kappa shape index (κ1) is 41.4. The van der Waals surface area contributed by atoms with Gasteiger partial charge in [-0.2, -0.15) is 0 Å². The summed E-state index contributed by atoms with van der Waals surface area (Å²) in [4.78, 5) is 9.55. The molecule has 0 saturated carbocycles. The van der Waals surface area contributed by atoms with Gasteiger partial charge in [0.2, 0.25) is 0 Å². The van der Waals surface area contributed by atoms with Crippen LogP contribution in [0.4, 0.5) is 68.2 Å². The number of hydrogen-bond acceptors (Lipinski definition) is 8. The van der Waals surface area contributed by atoms with Crippen molar-refractivity contribution in [3.05, 3.63) is 243 Å². The predicted molar refractivity (Wildman–Crippen MR) is 308 cm³/mol. The van der Waals surface area contributed by atoms with Crippen LogP contribution in [-0.4, -0.2) is 13.4 Å². The molecule has 0 aromatic heterocycles. The van der Waals surface area contributed by atoms with Crippen LogP contribution in [0.2, 0.25) is 0 Å². The molecule has 8 nitrogen and oxygen atoms in total. The van der Waals surface area contributed by atoms with Crippen LogP contribution >= 0.6 is 0 Å². The van der Waals surface area contributed by atoms with Gasteiger partial charge in [-0.25, -0.2) is 0 Å². The van der Waals surface area contributed by atoms with Crippen molar-refractivity contribution >= 4 is 114 Å². The second-order valence-electron chi connectivity index (χ2n) is 20.0. The Labute approximate surface area is 439 Å². The quantitative estimate of drug-likeness (QED) is 0.162. The monoisotopic (exact) mass is 974 g/mol. The van der Waals surface area contributed by atoms with Gasteiger partial charge < -0.3 is 38.5 Å². The Morgan fingerprint density at radius 2 is 0.526 bits per heavy atom. The molecule has 11 aromatic rings. The minimum atomic E-state index is -0.168. The van der Waals surface area contributed by atoms with Gasteiger partial charge in [0.1, 0.15) is 23.0 Å². The van der Waals surface area contributed by atoms with E-state index in [1.165, 1.54) is 10.9 Å². The van der Waals surface area contributed by atoms with E-state index < -0.39 is 0 Å². The van der Waals surface area contributed by atoms with Crippen LogP contribution < -0.4 is 71.3 Å². The Morgan fingerprint density at radius 3 is 0.921 bits per heavy atom. The van der Waals surface area contributed by atoms with Crippen molar-refractivity contribution in [3.8, 4) is 46.0 Å². The van der Waals surface area contributed by atoms with Crippen LogP contribution in [0.25, 0.3) is 0 Å². The Balaban J connectivity index is 0.955. The number of para-hydroxylation sites is 12. The fourth-order valence-electron chi connectivity index (χ4n) is 12.8. The zero-order valence-electron chi connectivity index (χ0n) is 40.7. The summed E-state index contributed by atoms with van der Waals surface area (Å²) in [6.45, 7) is -0.336. The SMILES string of the molecule is c1ccc(N2c3cc4c(cc3B3c5ccccc5Oc5cc(N6c7ccccc7Oc7ccccc76)cc2c53)B2c3ccccc3Oc3cc(N5c6ccccc6Oc6ccccc65)cc(c32)N4c2ccccc2)cc1. The van der Waals surface area contributed by atoms with Crippen LogP contribution in [0.3, 0.4) is 0 Å². The largest absolute Gasteiger partial charge is 0.458 e. The highest BCUT2D eigenvalue weighted by Crippen LogP contribution is 2.55.